The minimum absolute atomic E-state index is 0.234. The van der Waals surface area contributed by atoms with E-state index in [-0.39, 0.29) is 11.1 Å². The molecule has 0 saturated carbocycles. The van der Waals surface area contributed by atoms with E-state index in [9.17, 15) is 0 Å². The van der Waals surface area contributed by atoms with Crippen LogP contribution in [0.1, 0.15) is 19.4 Å². The summed E-state index contributed by atoms with van der Waals surface area (Å²) in [6, 6.07) is 27.4. The molecule has 2 heterocycles. The van der Waals surface area contributed by atoms with Gasteiger partial charge in [-0.25, -0.2) is 0 Å². The van der Waals surface area contributed by atoms with Gasteiger partial charge in [0, 0.05) is 36.3 Å². The molecule has 0 N–H and O–H groups in total. The van der Waals surface area contributed by atoms with Crippen molar-refractivity contribution in [1.29, 1.82) is 0 Å². The van der Waals surface area contributed by atoms with Gasteiger partial charge in [0.25, 0.3) is 0 Å². The Hall–Kier alpha value is -3.91. The number of aromatic nitrogens is 1. The maximum absolute atomic E-state index is 7.92. The SMILES string of the molecule is [2H]C([2H])([2H])c1cnc(-c2cccc3c2oc2c(-c4ccc5ccccc5c4)cccc23)cc1C([2H])([2H])[2H]. The number of nitrogens with zero attached hydrogens (tertiary/aromatic N) is 1. The average Bonchev–Trinajstić information content (AvgIpc) is 3.26. The summed E-state index contributed by atoms with van der Waals surface area (Å²) in [6.45, 7) is -5.19. The molecule has 0 atom stereocenters. The van der Waals surface area contributed by atoms with Crippen molar-refractivity contribution < 1.29 is 12.6 Å². The van der Waals surface area contributed by atoms with Crippen molar-refractivity contribution in [3.63, 3.8) is 0 Å². The van der Waals surface area contributed by atoms with Crippen LogP contribution in [0.4, 0.5) is 0 Å². The normalized spacial score (nSPS) is 15.2. The molecule has 0 spiro atoms. The first-order chi connectivity index (χ1) is 17.6. The first kappa shape index (κ1) is 12.7. The van der Waals surface area contributed by atoms with Crippen molar-refractivity contribution in [1.82, 2.24) is 4.98 Å². The topological polar surface area (TPSA) is 26.0 Å². The van der Waals surface area contributed by atoms with Crippen molar-refractivity contribution in [2.75, 3.05) is 0 Å². The molecule has 148 valence electrons. The van der Waals surface area contributed by atoms with Crippen LogP contribution in [0, 0.1) is 13.7 Å². The number of pyridine rings is 1. The number of para-hydroxylation sites is 2. The van der Waals surface area contributed by atoms with Crippen molar-refractivity contribution in [2.24, 2.45) is 0 Å². The van der Waals surface area contributed by atoms with E-state index >= 15 is 0 Å². The van der Waals surface area contributed by atoms with E-state index in [1.165, 1.54) is 6.07 Å². The monoisotopic (exact) mass is 405 g/mol. The van der Waals surface area contributed by atoms with E-state index < -0.39 is 13.7 Å². The largest absolute Gasteiger partial charge is 0.455 e. The smallest absolute Gasteiger partial charge is 0.144 e. The van der Waals surface area contributed by atoms with Gasteiger partial charge in [-0.15, -0.1) is 0 Å². The Morgan fingerprint density at radius 3 is 2.23 bits per heavy atom. The summed E-state index contributed by atoms with van der Waals surface area (Å²) in [5.74, 6) is 0. The zero-order valence-corrected chi connectivity index (χ0v) is 16.5. The summed E-state index contributed by atoms with van der Waals surface area (Å²) >= 11 is 0. The number of fused-ring (bicyclic) bond motifs is 4. The number of aryl methyl sites for hydroxylation is 2. The summed E-state index contributed by atoms with van der Waals surface area (Å²) in [5.41, 5.74) is 3.69. The Morgan fingerprint density at radius 2 is 1.42 bits per heavy atom. The number of benzene rings is 4. The fourth-order valence-electron chi connectivity index (χ4n) is 4.21. The quantitative estimate of drug-likeness (QED) is 0.291. The van der Waals surface area contributed by atoms with Gasteiger partial charge in [0.05, 0.1) is 5.69 Å². The highest BCUT2D eigenvalue weighted by atomic mass is 16.3. The molecule has 0 fully saturated rings. The molecule has 6 aromatic rings. The predicted molar refractivity (Wildman–Crippen MR) is 129 cm³/mol. The zero-order valence-electron chi connectivity index (χ0n) is 22.5. The first-order valence-electron chi connectivity index (χ1n) is 13.1. The predicted octanol–water partition coefficient (Wildman–Crippen LogP) is 8.09. The lowest BCUT2D eigenvalue weighted by molar-refractivity contribution is 0.671. The second-order valence-electron chi connectivity index (χ2n) is 7.64. The third-order valence-electron chi connectivity index (χ3n) is 5.76. The maximum atomic E-state index is 7.92. The fourth-order valence-corrected chi connectivity index (χ4v) is 4.21. The van der Waals surface area contributed by atoms with E-state index in [1.54, 1.807) is 6.07 Å². The Bertz CT molecular complexity index is 1810. The molecule has 0 aliphatic carbocycles. The van der Waals surface area contributed by atoms with Crippen molar-refractivity contribution >= 4 is 32.7 Å². The van der Waals surface area contributed by atoms with Crippen molar-refractivity contribution in [3.8, 4) is 22.4 Å². The molecule has 0 amide bonds. The standard InChI is InChI=1S/C29H21NO/c1-18-15-27(30-17-19(18)2)26-12-6-11-25-24-10-5-9-23(28(24)31-29(25)26)22-14-13-20-7-3-4-8-21(20)16-22/h3-17H,1-2H3/i1D3,2D3. The number of rotatable bonds is 2. The van der Waals surface area contributed by atoms with Gasteiger partial charge in [-0.2, -0.15) is 0 Å². The van der Waals surface area contributed by atoms with Gasteiger partial charge < -0.3 is 4.42 Å². The molecular formula is C29H21NO. The molecule has 6 rings (SSSR count). The summed E-state index contributed by atoms with van der Waals surface area (Å²) in [5, 5.41) is 4.08. The van der Waals surface area contributed by atoms with Crippen LogP contribution in [0.15, 0.2) is 95.5 Å². The minimum Gasteiger partial charge on any atom is -0.455 e. The van der Waals surface area contributed by atoms with Gasteiger partial charge >= 0.3 is 0 Å². The fraction of sp³-hybridized carbons (Fsp3) is 0.0690. The third kappa shape index (κ3) is 2.83. The summed E-state index contributed by atoms with van der Waals surface area (Å²) in [4.78, 5) is 4.35. The highest BCUT2D eigenvalue weighted by molar-refractivity contribution is 6.13. The second kappa shape index (κ2) is 6.82. The van der Waals surface area contributed by atoms with E-state index in [4.69, 9.17) is 12.6 Å². The van der Waals surface area contributed by atoms with Gasteiger partial charge in [0.2, 0.25) is 0 Å². The summed E-state index contributed by atoms with van der Waals surface area (Å²) in [7, 11) is 0. The van der Waals surface area contributed by atoms with E-state index in [2.05, 4.69) is 35.3 Å². The van der Waals surface area contributed by atoms with Gasteiger partial charge in [-0.05, 0) is 59.4 Å². The molecule has 2 aromatic heterocycles. The van der Waals surface area contributed by atoms with E-state index in [0.29, 0.717) is 16.8 Å². The summed E-state index contributed by atoms with van der Waals surface area (Å²) < 4.78 is 53.5. The van der Waals surface area contributed by atoms with Crippen LogP contribution in [0.5, 0.6) is 0 Å². The molecule has 0 bridgehead atoms. The van der Waals surface area contributed by atoms with Crippen LogP contribution < -0.4 is 0 Å². The molecule has 31 heavy (non-hydrogen) atoms. The van der Waals surface area contributed by atoms with Crippen molar-refractivity contribution in [3.05, 3.63) is 102 Å². The Labute approximate surface area is 189 Å². The highest BCUT2D eigenvalue weighted by Crippen LogP contribution is 2.40. The number of furan rings is 1. The molecular weight excluding hydrogens is 378 g/mol. The zero-order chi connectivity index (χ0) is 25.9. The first-order valence-corrected chi connectivity index (χ1v) is 10.1. The van der Waals surface area contributed by atoms with E-state index in [1.807, 2.05) is 42.5 Å². The van der Waals surface area contributed by atoms with Crippen LogP contribution in [0.3, 0.4) is 0 Å². The lowest BCUT2D eigenvalue weighted by atomic mass is 9.99. The van der Waals surface area contributed by atoms with Crippen LogP contribution in [0.25, 0.3) is 55.1 Å². The molecule has 4 aromatic carbocycles. The molecule has 0 unspecified atom stereocenters. The molecule has 0 radical (unpaired) electrons. The number of hydrogen-bond donors (Lipinski definition) is 0. The van der Waals surface area contributed by atoms with Crippen LogP contribution in [-0.4, -0.2) is 4.98 Å². The van der Waals surface area contributed by atoms with Gasteiger partial charge in [-0.3, -0.25) is 4.98 Å². The molecule has 0 saturated heterocycles. The molecule has 2 nitrogen and oxygen atoms in total. The van der Waals surface area contributed by atoms with Gasteiger partial charge in [-0.1, -0.05) is 66.7 Å². The lowest BCUT2D eigenvalue weighted by Gasteiger charge is -2.05. The van der Waals surface area contributed by atoms with Gasteiger partial charge in [0.15, 0.2) is 0 Å². The maximum Gasteiger partial charge on any atom is 0.144 e. The van der Waals surface area contributed by atoms with E-state index in [0.717, 1.165) is 44.5 Å². The van der Waals surface area contributed by atoms with Crippen LogP contribution in [-0.2, 0) is 0 Å². The Kier molecular flexibility index (Phi) is 2.79. The lowest BCUT2D eigenvalue weighted by Crippen LogP contribution is -1.88. The van der Waals surface area contributed by atoms with Gasteiger partial charge in [0.1, 0.15) is 11.2 Å². The number of hydrogen-bond acceptors (Lipinski definition) is 2. The Balaban J connectivity index is 1.58. The average molecular weight is 406 g/mol. The molecule has 2 heteroatoms. The van der Waals surface area contributed by atoms with Crippen LogP contribution in [0.2, 0.25) is 0 Å². The minimum atomic E-state index is -2.60. The summed E-state index contributed by atoms with van der Waals surface area (Å²) in [6.07, 6.45) is 1.14. The molecule has 0 aliphatic rings. The van der Waals surface area contributed by atoms with Crippen LogP contribution >= 0.6 is 0 Å². The van der Waals surface area contributed by atoms with Crippen molar-refractivity contribution in [2.45, 2.75) is 13.7 Å². The Morgan fingerprint density at radius 1 is 0.677 bits per heavy atom. The highest BCUT2D eigenvalue weighted by Gasteiger charge is 2.16. The molecule has 0 aliphatic heterocycles. The second-order valence-corrected chi connectivity index (χ2v) is 7.64. The third-order valence-corrected chi connectivity index (χ3v) is 5.76.